The molecule has 0 bridgehead atoms. The highest BCUT2D eigenvalue weighted by Crippen LogP contribution is 2.24. The Morgan fingerprint density at radius 1 is 1.30 bits per heavy atom. The van der Waals surface area contributed by atoms with Gasteiger partial charge < -0.3 is 14.8 Å². The van der Waals surface area contributed by atoms with E-state index in [1.807, 2.05) is 41.1 Å². The maximum absolute atomic E-state index is 12.1. The van der Waals surface area contributed by atoms with Crippen LogP contribution in [0.3, 0.4) is 0 Å². The quantitative estimate of drug-likeness (QED) is 0.828. The van der Waals surface area contributed by atoms with Gasteiger partial charge in [0.1, 0.15) is 5.75 Å². The van der Waals surface area contributed by atoms with Crippen LogP contribution in [0.15, 0.2) is 41.1 Å². The van der Waals surface area contributed by atoms with Gasteiger partial charge in [0.25, 0.3) is 0 Å². The molecular weight excluding hydrogens is 274 g/mol. The van der Waals surface area contributed by atoms with Crippen molar-refractivity contribution in [2.24, 2.45) is 0 Å². The molecule has 0 fully saturated rings. The van der Waals surface area contributed by atoms with Crippen molar-refractivity contribution >= 4 is 23.0 Å². The van der Waals surface area contributed by atoms with Gasteiger partial charge in [0.15, 0.2) is 6.04 Å². The molecule has 106 valence electrons. The average molecular weight is 291 g/mol. The van der Waals surface area contributed by atoms with Crippen molar-refractivity contribution in [1.82, 2.24) is 0 Å². The van der Waals surface area contributed by atoms with Crippen LogP contribution >= 0.6 is 11.3 Å². The van der Waals surface area contributed by atoms with Crippen LogP contribution < -0.4 is 10.1 Å². The third kappa shape index (κ3) is 3.51. The highest BCUT2D eigenvalue weighted by atomic mass is 32.1. The van der Waals surface area contributed by atoms with E-state index in [2.05, 4.69) is 5.32 Å². The van der Waals surface area contributed by atoms with Crippen LogP contribution in [-0.2, 0) is 9.53 Å². The highest BCUT2D eigenvalue weighted by Gasteiger charge is 2.22. The van der Waals surface area contributed by atoms with Crippen LogP contribution in [0, 0.1) is 0 Å². The summed E-state index contributed by atoms with van der Waals surface area (Å²) < 4.78 is 10.2. The summed E-state index contributed by atoms with van der Waals surface area (Å²) in [6.45, 7) is 2.17. The first-order valence-corrected chi connectivity index (χ1v) is 7.28. The molecule has 0 saturated heterocycles. The minimum Gasteiger partial charge on any atom is -0.497 e. The standard InChI is InChI=1S/C15H17NO3S/c1-3-19-15(17)14(11-8-9-20-10-11)16-12-4-6-13(18-2)7-5-12/h4-10,14,16H,3H2,1-2H3. The largest absolute Gasteiger partial charge is 0.497 e. The Balaban J connectivity index is 2.16. The number of carbonyl (C=O) groups excluding carboxylic acids is 1. The number of benzene rings is 1. The number of esters is 1. The molecule has 0 aliphatic carbocycles. The summed E-state index contributed by atoms with van der Waals surface area (Å²) in [5, 5.41) is 7.08. The average Bonchev–Trinajstić information content (AvgIpc) is 2.99. The van der Waals surface area contributed by atoms with E-state index >= 15 is 0 Å². The number of anilines is 1. The minimum atomic E-state index is -0.491. The summed E-state index contributed by atoms with van der Waals surface area (Å²) >= 11 is 1.55. The lowest BCUT2D eigenvalue weighted by atomic mass is 10.1. The number of carbonyl (C=O) groups is 1. The van der Waals surface area contributed by atoms with Gasteiger partial charge in [-0.25, -0.2) is 4.79 Å². The number of methoxy groups -OCH3 is 1. The lowest BCUT2D eigenvalue weighted by molar-refractivity contribution is -0.144. The minimum absolute atomic E-state index is 0.276. The molecule has 1 unspecified atom stereocenters. The van der Waals surface area contributed by atoms with E-state index in [9.17, 15) is 4.79 Å². The fourth-order valence-corrected chi connectivity index (χ4v) is 2.48. The first-order chi connectivity index (χ1) is 9.74. The topological polar surface area (TPSA) is 47.6 Å². The van der Waals surface area contributed by atoms with E-state index in [-0.39, 0.29) is 5.97 Å². The summed E-state index contributed by atoms with van der Waals surface area (Å²) in [4.78, 5) is 12.1. The summed E-state index contributed by atoms with van der Waals surface area (Å²) in [5.41, 5.74) is 1.75. The van der Waals surface area contributed by atoms with E-state index in [1.54, 1.807) is 25.4 Å². The second kappa shape index (κ2) is 6.96. The molecule has 0 spiro atoms. The zero-order chi connectivity index (χ0) is 14.4. The molecule has 1 aromatic heterocycles. The lowest BCUT2D eigenvalue weighted by Crippen LogP contribution is -2.22. The van der Waals surface area contributed by atoms with Crippen molar-refractivity contribution in [3.63, 3.8) is 0 Å². The van der Waals surface area contributed by atoms with Crippen LogP contribution in [0.1, 0.15) is 18.5 Å². The highest BCUT2D eigenvalue weighted by molar-refractivity contribution is 7.08. The SMILES string of the molecule is CCOC(=O)C(Nc1ccc(OC)cc1)c1ccsc1. The van der Waals surface area contributed by atoms with Crippen molar-refractivity contribution in [1.29, 1.82) is 0 Å². The monoisotopic (exact) mass is 291 g/mol. The Morgan fingerprint density at radius 2 is 2.05 bits per heavy atom. The van der Waals surface area contributed by atoms with Crippen molar-refractivity contribution in [2.75, 3.05) is 19.0 Å². The zero-order valence-corrected chi connectivity index (χ0v) is 12.3. The Labute approximate surface area is 122 Å². The van der Waals surface area contributed by atoms with Crippen molar-refractivity contribution in [2.45, 2.75) is 13.0 Å². The molecule has 5 heteroatoms. The van der Waals surface area contributed by atoms with Crippen molar-refractivity contribution in [3.05, 3.63) is 46.7 Å². The second-order valence-electron chi connectivity index (χ2n) is 4.11. The summed E-state index contributed by atoms with van der Waals surface area (Å²) in [5.74, 6) is 0.500. The molecule has 2 rings (SSSR count). The molecule has 0 radical (unpaired) electrons. The Hall–Kier alpha value is -2.01. The molecule has 1 aromatic carbocycles. The van der Waals surface area contributed by atoms with Crippen LogP contribution in [0.5, 0.6) is 5.75 Å². The molecule has 0 aliphatic rings. The molecule has 0 saturated carbocycles. The molecule has 1 heterocycles. The van der Waals surface area contributed by atoms with Gasteiger partial charge in [0.05, 0.1) is 13.7 Å². The molecule has 2 aromatic rings. The third-order valence-electron chi connectivity index (χ3n) is 2.80. The van der Waals surface area contributed by atoms with E-state index in [1.165, 1.54) is 0 Å². The number of rotatable bonds is 6. The van der Waals surface area contributed by atoms with Crippen LogP contribution in [0.2, 0.25) is 0 Å². The maximum Gasteiger partial charge on any atom is 0.333 e. The normalized spacial score (nSPS) is 11.7. The van der Waals surface area contributed by atoms with Gasteiger partial charge in [0, 0.05) is 5.69 Å². The van der Waals surface area contributed by atoms with Gasteiger partial charge in [-0.15, -0.1) is 0 Å². The fraction of sp³-hybridized carbons (Fsp3) is 0.267. The lowest BCUT2D eigenvalue weighted by Gasteiger charge is -2.17. The first kappa shape index (κ1) is 14.4. The van der Waals surface area contributed by atoms with Gasteiger partial charge in [-0.3, -0.25) is 0 Å². The molecule has 20 heavy (non-hydrogen) atoms. The number of hydrogen-bond acceptors (Lipinski definition) is 5. The first-order valence-electron chi connectivity index (χ1n) is 6.34. The van der Waals surface area contributed by atoms with Crippen LogP contribution in [0.4, 0.5) is 5.69 Å². The smallest absolute Gasteiger partial charge is 0.333 e. The van der Waals surface area contributed by atoms with Gasteiger partial charge in [-0.1, -0.05) is 0 Å². The second-order valence-corrected chi connectivity index (χ2v) is 4.89. The van der Waals surface area contributed by atoms with Crippen molar-refractivity contribution < 1.29 is 14.3 Å². The van der Waals surface area contributed by atoms with E-state index in [0.29, 0.717) is 6.61 Å². The molecule has 1 N–H and O–H groups in total. The van der Waals surface area contributed by atoms with Gasteiger partial charge >= 0.3 is 5.97 Å². The Morgan fingerprint density at radius 3 is 2.60 bits per heavy atom. The van der Waals surface area contributed by atoms with E-state index < -0.39 is 6.04 Å². The number of thiophene rings is 1. The molecule has 0 amide bonds. The maximum atomic E-state index is 12.1. The fourth-order valence-electron chi connectivity index (χ4n) is 1.80. The number of nitrogens with one attached hydrogen (secondary N) is 1. The summed E-state index contributed by atoms with van der Waals surface area (Å²) in [7, 11) is 1.62. The number of hydrogen-bond donors (Lipinski definition) is 1. The van der Waals surface area contributed by atoms with Gasteiger partial charge in [0.2, 0.25) is 0 Å². The van der Waals surface area contributed by atoms with Crippen LogP contribution in [0.25, 0.3) is 0 Å². The number of ether oxygens (including phenoxy) is 2. The Kier molecular flexibility index (Phi) is 5.01. The molecule has 0 aliphatic heterocycles. The Bertz CT molecular complexity index is 537. The predicted octanol–water partition coefficient (Wildman–Crippen LogP) is 3.47. The molecule has 4 nitrogen and oxygen atoms in total. The zero-order valence-electron chi connectivity index (χ0n) is 11.5. The summed E-state index contributed by atoms with van der Waals surface area (Å²) in [6.07, 6.45) is 0. The third-order valence-corrected chi connectivity index (χ3v) is 3.50. The predicted molar refractivity (Wildman–Crippen MR) is 80.3 cm³/mol. The van der Waals surface area contributed by atoms with Crippen LogP contribution in [-0.4, -0.2) is 19.7 Å². The van der Waals surface area contributed by atoms with Gasteiger partial charge in [-0.05, 0) is 53.6 Å². The van der Waals surface area contributed by atoms with Gasteiger partial charge in [-0.2, -0.15) is 11.3 Å². The van der Waals surface area contributed by atoms with Crippen molar-refractivity contribution in [3.8, 4) is 5.75 Å². The molecular formula is C15H17NO3S. The summed E-state index contributed by atoms with van der Waals surface area (Å²) in [6, 6.07) is 8.86. The van der Waals surface area contributed by atoms with E-state index in [4.69, 9.17) is 9.47 Å². The van der Waals surface area contributed by atoms with E-state index in [0.717, 1.165) is 17.0 Å². The molecule has 1 atom stereocenters.